The lowest BCUT2D eigenvalue weighted by Crippen LogP contribution is -2.24. The number of nitrogens with one attached hydrogen (secondary N) is 1. The average Bonchev–Trinajstić information content (AvgIpc) is 3.20. The van der Waals surface area contributed by atoms with E-state index in [0.29, 0.717) is 46.2 Å². The van der Waals surface area contributed by atoms with Crippen molar-refractivity contribution in [3.8, 4) is 11.5 Å². The molecule has 2 heterocycles. The molecule has 0 bridgehead atoms. The lowest BCUT2D eigenvalue weighted by Gasteiger charge is -2.11. The van der Waals surface area contributed by atoms with Crippen molar-refractivity contribution in [3.63, 3.8) is 0 Å². The molecule has 8 heteroatoms. The summed E-state index contributed by atoms with van der Waals surface area (Å²) in [5, 5.41) is 4.12. The van der Waals surface area contributed by atoms with Crippen molar-refractivity contribution in [2.24, 2.45) is 0 Å². The van der Waals surface area contributed by atoms with Gasteiger partial charge in [0.1, 0.15) is 0 Å². The van der Waals surface area contributed by atoms with Crippen LogP contribution in [0.15, 0.2) is 46.3 Å². The standard InChI is InChI=1S/C20H19N3O4S/c1-26-16-6-3-12(9-17(16)27-2)11-21-18(24)13-4-5-14-15(10-13)22-20-23(19(14)25)7-8-28-20/h3-6,9-10H,7-8,11H2,1-2H3,(H,21,24). The molecule has 28 heavy (non-hydrogen) atoms. The number of thioether (sulfide) groups is 1. The summed E-state index contributed by atoms with van der Waals surface area (Å²) in [6, 6.07) is 10.5. The zero-order valence-corrected chi connectivity index (χ0v) is 16.3. The third-order valence-electron chi connectivity index (χ3n) is 4.63. The minimum atomic E-state index is -0.230. The molecule has 1 amide bonds. The molecule has 3 aromatic rings. The number of hydrogen-bond donors (Lipinski definition) is 1. The number of fused-ring (bicyclic) bond motifs is 2. The first kappa shape index (κ1) is 18.4. The van der Waals surface area contributed by atoms with Crippen LogP contribution in [-0.2, 0) is 13.1 Å². The number of methoxy groups -OCH3 is 2. The zero-order valence-electron chi connectivity index (χ0n) is 15.5. The smallest absolute Gasteiger partial charge is 0.262 e. The van der Waals surface area contributed by atoms with Crippen molar-refractivity contribution in [1.29, 1.82) is 0 Å². The Balaban J connectivity index is 1.54. The van der Waals surface area contributed by atoms with Crippen LogP contribution in [0.25, 0.3) is 10.9 Å². The van der Waals surface area contributed by atoms with Crippen LogP contribution in [0, 0.1) is 0 Å². The minimum Gasteiger partial charge on any atom is -0.493 e. The first-order chi connectivity index (χ1) is 13.6. The van der Waals surface area contributed by atoms with E-state index in [-0.39, 0.29) is 11.5 Å². The van der Waals surface area contributed by atoms with Gasteiger partial charge in [-0.25, -0.2) is 4.98 Å². The monoisotopic (exact) mass is 397 g/mol. The van der Waals surface area contributed by atoms with Gasteiger partial charge in [0.05, 0.1) is 25.1 Å². The molecule has 0 aliphatic carbocycles. The highest BCUT2D eigenvalue weighted by atomic mass is 32.2. The summed E-state index contributed by atoms with van der Waals surface area (Å²) in [6.45, 7) is 1.02. The van der Waals surface area contributed by atoms with Gasteiger partial charge in [-0.1, -0.05) is 17.8 Å². The first-order valence-electron chi connectivity index (χ1n) is 8.77. The molecular formula is C20H19N3O4S. The SMILES string of the molecule is COc1ccc(CNC(=O)c2ccc3c(=O)n4c(nc3c2)SCC4)cc1OC. The number of hydrogen-bond acceptors (Lipinski definition) is 6. The number of nitrogens with zero attached hydrogens (tertiary/aromatic N) is 2. The molecule has 0 spiro atoms. The molecule has 0 radical (unpaired) electrons. The van der Waals surface area contributed by atoms with E-state index in [1.165, 1.54) is 0 Å². The van der Waals surface area contributed by atoms with E-state index >= 15 is 0 Å². The predicted molar refractivity (Wildman–Crippen MR) is 107 cm³/mol. The highest BCUT2D eigenvalue weighted by Crippen LogP contribution is 2.27. The third-order valence-corrected chi connectivity index (χ3v) is 5.59. The number of ether oxygens (including phenoxy) is 2. The van der Waals surface area contributed by atoms with Gasteiger partial charge >= 0.3 is 0 Å². The largest absolute Gasteiger partial charge is 0.493 e. The summed E-state index contributed by atoms with van der Waals surface area (Å²) in [5.74, 6) is 1.86. The zero-order chi connectivity index (χ0) is 19.7. The van der Waals surface area contributed by atoms with Gasteiger partial charge in [0.15, 0.2) is 16.7 Å². The molecule has 1 aromatic heterocycles. The molecule has 0 fully saturated rings. The van der Waals surface area contributed by atoms with Gasteiger partial charge in [-0.15, -0.1) is 0 Å². The Kier molecular flexibility index (Phi) is 4.95. The second-order valence-corrected chi connectivity index (χ2v) is 7.37. The minimum absolute atomic E-state index is 0.0534. The molecule has 1 N–H and O–H groups in total. The molecule has 7 nitrogen and oxygen atoms in total. The fourth-order valence-electron chi connectivity index (χ4n) is 3.15. The van der Waals surface area contributed by atoms with Crippen LogP contribution in [0.5, 0.6) is 11.5 Å². The Morgan fingerprint density at radius 2 is 2.00 bits per heavy atom. The number of carbonyl (C=O) groups excluding carboxylic acids is 1. The summed E-state index contributed by atoms with van der Waals surface area (Å²) in [5.41, 5.74) is 1.84. The lowest BCUT2D eigenvalue weighted by atomic mass is 10.1. The number of benzene rings is 2. The maximum Gasteiger partial charge on any atom is 0.262 e. The molecule has 1 aliphatic rings. The average molecular weight is 397 g/mol. The van der Waals surface area contributed by atoms with E-state index in [1.807, 2.05) is 12.1 Å². The molecule has 1 aliphatic heterocycles. The molecule has 144 valence electrons. The van der Waals surface area contributed by atoms with Crippen molar-refractivity contribution in [2.75, 3.05) is 20.0 Å². The Morgan fingerprint density at radius 1 is 1.18 bits per heavy atom. The topological polar surface area (TPSA) is 82.5 Å². The third kappa shape index (κ3) is 3.31. The van der Waals surface area contributed by atoms with Gasteiger partial charge in [-0.05, 0) is 35.9 Å². The first-order valence-corrected chi connectivity index (χ1v) is 9.76. The van der Waals surface area contributed by atoms with Crippen LogP contribution in [0.3, 0.4) is 0 Å². The molecule has 0 saturated heterocycles. The second-order valence-electron chi connectivity index (χ2n) is 6.30. The van der Waals surface area contributed by atoms with E-state index in [9.17, 15) is 9.59 Å². The quantitative estimate of drug-likeness (QED) is 0.666. The Hall–Kier alpha value is -3.00. The van der Waals surface area contributed by atoms with Gasteiger partial charge in [0.2, 0.25) is 0 Å². The summed E-state index contributed by atoms with van der Waals surface area (Å²) >= 11 is 1.55. The van der Waals surface area contributed by atoms with Crippen LogP contribution < -0.4 is 20.3 Å². The highest BCUT2D eigenvalue weighted by molar-refractivity contribution is 7.99. The van der Waals surface area contributed by atoms with E-state index in [0.717, 1.165) is 11.3 Å². The number of aromatic nitrogens is 2. The summed E-state index contributed by atoms with van der Waals surface area (Å²) < 4.78 is 12.2. The fourth-order valence-corrected chi connectivity index (χ4v) is 4.10. The summed E-state index contributed by atoms with van der Waals surface area (Å²) in [4.78, 5) is 29.6. The van der Waals surface area contributed by atoms with E-state index in [1.54, 1.807) is 54.8 Å². The molecule has 0 unspecified atom stereocenters. The van der Waals surface area contributed by atoms with E-state index < -0.39 is 0 Å². The molecule has 0 atom stereocenters. The maximum atomic E-state index is 12.6. The van der Waals surface area contributed by atoms with Crippen molar-refractivity contribution in [1.82, 2.24) is 14.9 Å². The highest BCUT2D eigenvalue weighted by Gasteiger charge is 2.17. The van der Waals surface area contributed by atoms with Crippen LogP contribution in [-0.4, -0.2) is 35.4 Å². The lowest BCUT2D eigenvalue weighted by molar-refractivity contribution is 0.0951. The Labute approximate surface area is 165 Å². The van der Waals surface area contributed by atoms with Crippen molar-refractivity contribution >= 4 is 28.6 Å². The van der Waals surface area contributed by atoms with Gasteiger partial charge in [-0.2, -0.15) is 0 Å². The maximum absolute atomic E-state index is 12.6. The van der Waals surface area contributed by atoms with E-state index in [4.69, 9.17) is 9.47 Å². The van der Waals surface area contributed by atoms with Crippen molar-refractivity contribution < 1.29 is 14.3 Å². The molecule has 4 rings (SSSR count). The summed E-state index contributed by atoms with van der Waals surface area (Å²) in [6.07, 6.45) is 0. The number of rotatable bonds is 5. The normalized spacial score (nSPS) is 12.6. The van der Waals surface area contributed by atoms with Gasteiger partial charge < -0.3 is 14.8 Å². The van der Waals surface area contributed by atoms with Crippen LogP contribution in [0.2, 0.25) is 0 Å². The van der Waals surface area contributed by atoms with Gasteiger partial charge in [0, 0.05) is 24.4 Å². The molecule has 2 aromatic carbocycles. The fraction of sp³-hybridized carbons (Fsp3) is 0.250. The molecular weight excluding hydrogens is 378 g/mol. The van der Waals surface area contributed by atoms with E-state index in [2.05, 4.69) is 10.3 Å². The number of amides is 1. The Morgan fingerprint density at radius 3 is 2.79 bits per heavy atom. The van der Waals surface area contributed by atoms with Crippen molar-refractivity contribution in [2.45, 2.75) is 18.2 Å². The predicted octanol–water partition coefficient (Wildman–Crippen LogP) is 2.45. The van der Waals surface area contributed by atoms with Crippen LogP contribution in [0.4, 0.5) is 0 Å². The Bertz CT molecular complexity index is 1130. The van der Waals surface area contributed by atoms with Gasteiger partial charge in [-0.3, -0.25) is 14.2 Å². The second kappa shape index (κ2) is 7.55. The van der Waals surface area contributed by atoms with Gasteiger partial charge in [0.25, 0.3) is 11.5 Å². The molecule has 0 saturated carbocycles. The summed E-state index contributed by atoms with van der Waals surface area (Å²) in [7, 11) is 3.15. The van der Waals surface area contributed by atoms with Crippen molar-refractivity contribution in [3.05, 3.63) is 57.9 Å². The number of carbonyl (C=O) groups is 1. The van der Waals surface area contributed by atoms with Crippen LogP contribution >= 0.6 is 11.8 Å². The van der Waals surface area contributed by atoms with Crippen LogP contribution in [0.1, 0.15) is 15.9 Å².